The molecule has 0 unspecified atom stereocenters. The van der Waals surface area contributed by atoms with Crippen LogP contribution < -0.4 is 10.6 Å². The molecule has 2 N–H and O–H groups in total. The highest BCUT2D eigenvalue weighted by Gasteiger charge is 2.17. The Labute approximate surface area is 174 Å². The number of rotatable bonds is 6. The minimum absolute atomic E-state index is 0. The van der Waals surface area contributed by atoms with E-state index in [0.29, 0.717) is 18.4 Å². The molecule has 3 rings (SSSR count). The normalized spacial score (nSPS) is 14.2. The second-order valence-corrected chi connectivity index (χ2v) is 6.71. The van der Waals surface area contributed by atoms with Gasteiger partial charge in [-0.3, -0.25) is 4.79 Å². The van der Waals surface area contributed by atoms with Crippen LogP contribution in [-0.2, 0) is 11.3 Å². The minimum atomic E-state index is 0. The summed E-state index contributed by atoms with van der Waals surface area (Å²) in [5.74, 6) is 1.34. The Kier molecular flexibility index (Phi) is 8.36. The average molecular weight is 489 g/mol. The predicted molar refractivity (Wildman–Crippen MR) is 114 cm³/mol. The molecule has 142 valence electrons. The van der Waals surface area contributed by atoms with Crippen molar-refractivity contribution in [1.29, 1.82) is 0 Å². The third-order valence-corrected chi connectivity index (χ3v) is 4.75. The lowest BCUT2D eigenvalue weighted by Gasteiger charge is -2.17. The fraction of sp³-hybridized carbons (Fsp3) is 0.471. The van der Waals surface area contributed by atoms with E-state index in [1.165, 1.54) is 0 Å². The van der Waals surface area contributed by atoms with E-state index in [1.54, 1.807) is 17.6 Å². The maximum absolute atomic E-state index is 12.1. The molecule has 1 aliphatic rings. The maximum atomic E-state index is 12.1. The molecule has 0 bridgehead atoms. The summed E-state index contributed by atoms with van der Waals surface area (Å²) in [6.45, 7) is 5.08. The summed E-state index contributed by atoms with van der Waals surface area (Å²) >= 11 is 1.59. The molecule has 26 heavy (non-hydrogen) atoms. The quantitative estimate of drug-likeness (QED) is 0.371. The smallest absolute Gasteiger partial charge is 0.241 e. The summed E-state index contributed by atoms with van der Waals surface area (Å²) < 4.78 is 5.50. The van der Waals surface area contributed by atoms with Gasteiger partial charge in [-0.2, -0.15) is 0 Å². The standard InChI is InChI=1S/C17H23N5O2S.HI/c1-2-18-17(20-11-15(23)22-7-3-4-8-22)19-10-13-12-24-16(21-13)14-6-5-9-25-14;/h5-6,9,12H,2-4,7-8,10-11H2,1H3,(H2,18,19,20);1H. The number of thiophene rings is 1. The van der Waals surface area contributed by atoms with E-state index < -0.39 is 0 Å². The number of guanidine groups is 1. The molecule has 1 aliphatic heterocycles. The average Bonchev–Trinajstić information content (AvgIpc) is 3.38. The van der Waals surface area contributed by atoms with E-state index in [9.17, 15) is 4.79 Å². The van der Waals surface area contributed by atoms with E-state index in [1.807, 2.05) is 29.3 Å². The van der Waals surface area contributed by atoms with Crippen molar-refractivity contribution in [1.82, 2.24) is 20.5 Å². The SMILES string of the molecule is CCNC(=NCc1coc(-c2cccs2)n1)NCC(=O)N1CCCC1.I. The van der Waals surface area contributed by atoms with Crippen molar-refractivity contribution in [3.63, 3.8) is 0 Å². The first kappa shape index (κ1) is 20.7. The Morgan fingerprint density at radius 1 is 1.38 bits per heavy atom. The number of carbonyl (C=O) groups excluding carboxylic acids is 1. The van der Waals surface area contributed by atoms with Crippen LogP contribution >= 0.6 is 35.3 Å². The molecule has 0 spiro atoms. The molecule has 0 saturated carbocycles. The number of aliphatic imine (C=N–C) groups is 1. The number of halogens is 1. The summed E-state index contributed by atoms with van der Waals surface area (Å²) in [5.41, 5.74) is 0.756. The Hall–Kier alpha value is -1.62. The minimum Gasteiger partial charge on any atom is -0.443 e. The Morgan fingerprint density at radius 2 is 2.19 bits per heavy atom. The van der Waals surface area contributed by atoms with E-state index in [2.05, 4.69) is 20.6 Å². The first-order chi connectivity index (χ1) is 12.3. The first-order valence-corrected chi connectivity index (χ1v) is 9.42. The monoisotopic (exact) mass is 489 g/mol. The highest BCUT2D eigenvalue weighted by Crippen LogP contribution is 2.23. The molecule has 7 nitrogen and oxygen atoms in total. The van der Waals surface area contributed by atoms with Crippen LogP contribution in [0, 0.1) is 0 Å². The number of carbonyl (C=O) groups is 1. The second-order valence-electron chi connectivity index (χ2n) is 5.76. The van der Waals surface area contributed by atoms with Crippen molar-refractivity contribution in [3.05, 3.63) is 29.5 Å². The third-order valence-electron chi connectivity index (χ3n) is 3.89. The van der Waals surface area contributed by atoms with E-state index in [0.717, 1.165) is 43.0 Å². The van der Waals surface area contributed by atoms with Gasteiger partial charge in [-0.15, -0.1) is 35.3 Å². The van der Waals surface area contributed by atoms with Gasteiger partial charge in [0.25, 0.3) is 0 Å². The lowest BCUT2D eigenvalue weighted by molar-refractivity contribution is -0.128. The summed E-state index contributed by atoms with van der Waals surface area (Å²) in [5, 5.41) is 8.23. The van der Waals surface area contributed by atoms with Gasteiger partial charge in [-0.1, -0.05) is 6.07 Å². The van der Waals surface area contributed by atoms with Crippen LogP contribution in [0.3, 0.4) is 0 Å². The number of nitrogens with one attached hydrogen (secondary N) is 2. The first-order valence-electron chi connectivity index (χ1n) is 8.54. The zero-order valence-corrected chi connectivity index (χ0v) is 17.9. The summed E-state index contributed by atoms with van der Waals surface area (Å²) in [4.78, 5) is 23.9. The highest BCUT2D eigenvalue weighted by atomic mass is 127. The van der Waals surface area contributed by atoms with Gasteiger partial charge < -0.3 is 20.0 Å². The van der Waals surface area contributed by atoms with Crippen LogP contribution in [0.25, 0.3) is 10.8 Å². The van der Waals surface area contributed by atoms with Gasteiger partial charge in [0.05, 0.1) is 18.0 Å². The van der Waals surface area contributed by atoms with Gasteiger partial charge in [-0.25, -0.2) is 9.98 Å². The van der Waals surface area contributed by atoms with Gasteiger partial charge >= 0.3 is 0 Å². The van der Waals surface area contributed by atoms with Crippen LogP contribution in [-0.4, -0.2) is 47.9 Å². The Balaban J connectivity index is 0.00000243. The van der Waals surface area contributed by atoms with E-state index >= 15 is 0 Å². The number of hydrogen-bond donors (Lipinski definition) is 2. The molecule has 1 saturated heterocycles. The van der Waals surface area contributed by atoms with Crippen molar-refractivity contribution in [2.75, 3.05) is 26.2 Å². The van der Waals surface area contributed by atoms with Gasteiger partial charge in [-0.05, 0) is 31.2 Å². The van der Waals surface area contributed by atoms with Gasteiger partial charge in [0.1, 0.15) is 12.0 Å². The number of oxazole rings is 1. The van der Waals surface area contributed by atoms with Crippen LogP contribution in [0.15, 0.2) is 33.2 Å². The molecular formula is C17H24IN5O2S. The molecule has 9 heteroatoms. The Bertz CT molecular complexity index is 711. The van der Waals surface area contributed by atoms with Crippen molar-refractivity contribution in [2.24, 2.45) is 4.99 Å². The van der Waals surface area contributed by atoms with Crippen LogP contribution in [0.2, 0.25) is 0 Å². The topological polar surface area (TPSA) is 82.8 Å². The molecule has 1 fully saturated rings. The molecule has 2 aromatic heterocycles. The number of nitrogens with zero attached hydrogens (tertiary/aromatic N) is 3. The van der Waals surface area contributed by atoms with Crippen molar-refractivity contribution < 1.29 is 9.21 Å². The van der Waals surface area contributed by atoms with Crippen LogP contribution in [0.4, 0.5) is 0 Å². The lowest BCUT2D eigenvalue weighted by atomic mass is 10.4. The van der Waals surface area contributed by atoms with Crippen molar-refractivity contribution in [3.8, 4) is 10.8 Å². The highest BCUT2D eigenvalue weighted by molar-refractivity contribution is 14.0. The summed E-state index contributed by atoms with van der Waals surface area (Å²) in [7, 11) is 0. The molecular weight excluding hydrogens is 465 g/mol. The largest absolute Gasteiger partial charge is 0.443 e. The number of amides is 1. The van der Waals surface area contributed by atoms with Crippen molar-refractivity contribution in [2.45, 2.75) is 26.3 Å². The lowest BCUT2D eigenvalue weighted by Crippen LogP contribution is -2.44. The number of aromatic nitrogens is 1. The number of likely N-dealkylation sites (tertiary alicyclic amines) is 1. The fourth-order valence-electron chi connectivity index (χ4n) is 2.63. The second kappa shape index (κ2) is 10.5. The van der Waals surface area contributed by atoms with Gasteiger partial charge in [0.15, 0.2) is 5.96 Å². The van der Waals surface area contributed by atoms with Gasteiger partial charge in [0.2, 0.25) is 11.8 Å². The molecule has 3 heterocycles. The summed E-state index contributed by atoms with van der Waals surface area (Å²) in [6, 6.07) is 3.94. The fourth-order valence-corrected chi connectivity index (χ4v) is 3.29. The van der Waals surface area contributed by atoms with E-state index in [-0.39, 0.29) is 36.4 Å². The van der Waals surface area contributed by atoms with Crippen LogP contribution in [0.1, 0.15) is 25.5 Å². The zero-order valence-electron chi connectivity index (χ0n) is 14.7. The summed E-state index contributed by atoms with van der Waals surface area (Å²) in [6.07, 6.45) is 3.81. The molecule has 0 radical (unpaired) electrons. The zero-order chi connectivity index (χ0) is 17.5. The maximum Gasteiger partial charge on any atom is 0.241 e. The van der Waals surface area contributed by atoms with E-state index in [4.69, 9.17) is 4.42 Å². The molecule has 0 aliphatic carbocycles. The van der Waals surface area contributed by atoms with Crippen molar-refractivity contribution >= 4 is 47.2 Å². The predicted octanol–water partition coefficient (Wildman–Crippen LogP) is 2.70. The molecule has 1 amide bonds. The molecule has 0 atom stereocenters. The van der Waals surface area contributed by atoms with Crippen LogP contribution in [0.5, 0.6) is 0 Å². The molecule has 2 aromatic rings. The Morgan fingerprint density at radius 3 is 2.88 bits per heavy atom. The third kappa shape index (κ3) is 5.70. The molecule has 0 aromatic carbocycles. The van der Waals surface area contributed by atoms with Gasteiger partial charge in [0, 0.05) is 19.6 Å². The number of hydrogen-bond acceptors (Lipinski definition) is 5.